The second-order valence-electron chi connectivity index (χ2n) is 6.43. The predicted molar refractivity (Wildman–Crippen MR) is 125 cm³/mol. The Kier molecular flexibility index (Phi) is 7.71. The second-order valence-corrected chi connectivity index (χ2v) is 7.72. The van der Waals surface area contributed by atoms with Crippen LogP contribution in [0.3, 0.4) is 0 Å². The van der Waals surface area contributed by atoms with Crippen molar-refractivity contribution in [1.29, 1.82) is 5.26 Å². The molecule has 0 bridgehead atoms. The summed E-state index contributed by atoms with van der Waals surface area (Å²) in [5.41, 5.74) is 2.11. The van der Waals surface area contributed by atoms with Gasteiger partial charge in [-0.25, -0.2) is 0 Å². The van der Waals surface area contributed by atoms with Crippen molar-refractivity contribution in [3.05, 3.63) is 92.9 Å². The molecule has 0 saturated heterocycles. The molecule has 0 fully saturated rings. The van der Waals surface area contributed by atoms with Crippen molar-refractivity contribution < 1.29 is 14.3 Å². The molecule has 0 unspecified atom stereocenters. The fourth-order valence-corrected chi connectivity index (χ4v) is 3.27. The van der Waals surface area contributed by atoms with Crippen LogP contribution in [0.15, 0.2) is 76.8 Å². The summed E-state index contributed by atoms with van der Waals surface area (Å²) in [4.78, 5) is 12.5. The van der Waals surface area contributed by atoms with E-state index in [9.17, 15) is 10.1 Å². The summed E-state index contributed by atoms with van der Waals surface area (Å²) in [6.45, 7) is 0.381. The van der Waals surface area contributed by atoms with Crippen molar-refractivity contribution in [3.8, 4) is 17.6 Å². The Hall–Kier alpha value is -3.27. The van der Waals surface area contributed by atoms with Crippen LogP contribution in [0.2, 0.25) is 5.02 Å². The minimum Gasteiger partial charge on any atom is -0.493 e. The molecule has 0 aliphatic heterocycles. The number of ether oxygens (including phenoxy) is 2. The van der Waals surface area contributed by atoms with Gasteiger partial charge in [0.2, 0.25) is 0 Å². The van der Waals surface area contributed by atoms with Gasteiger partial charge in [0, 0.05) is 15.2 Å². The van der Waals surface area contributed by atoms with Gasteiger partial charge in [-0.1, -0.05) is 57.9 Å². The summed E-state index contributed by atoms with van der Waals surface area (Å²) in [6.07, 6.45) is 1.48. The van der Waals surface area contributed by atoms with Crippen molar-refractivity contribution in [1.82, 2.24) is 0 Å². The molecule has 156 valence electrons. The summed E-state index contributed by atoms with van der Waals surface area (Å²) in [5, 5.41) is 12.7. The Bertz CT molecular complexity index is 1140. The molecule has 3 rings (SSSR count). The zero-order valence-corrected chi connectivity index (χ0v) is 18.9. The first-order chi connectivity index (χ1) is 15.0. The van der Waals surface area contributed by atoms with Crippen LogP contribution in [0.5, 0.6) is 11.5 Å². The Morgan fingerprint density at radius 3 is 2.48 bits per heavy atom. The lowest BCUT2D eigenvalue weighted by Gasteiger charge is -2.13. The highest BCUT2D eigenvalue weighted by Crippen LogP contribution is 2.35. The number of methoxy groups -OCH3 is 1. The average molecular weight is 498 g/mol. The molecule has 0 heterocycles. The van der Waals surface area contributed by atoms with E-state index in [1.54, 1.807) is 36.4 Å². The molecule has 3 aromatic rings. The first kappa shape index (κ1) is 22.4. The molecule has 0 aliphatic rings. The summed E-state index contributed by atoms with van der Waals surface area (Å²) in [6, 6.07) is 21.8. The number of hydrogen-bond acceptors (Lipinski definition) is 4. The number of carbonyl (C=O) groups excluding carboxylic acids is 1. The third-order valence-electron chi connectivity index (χ3n) is 4.29. The molecule has 0 aliphatic carbocycles. The number of carbonyl (C=O) groups is 1. The SMILES string of the molecule is COc1cc(/C=C(/C#N)C(=O)Nc2ccc(Cl)cc2)c(Br)cc1OCc1ccccc1. The van der Waals surface area contributed by atoms with E-state index in [0.717, 1.165) is 5.56 Å². The van der Waals surface area contributed by atoms with E-state index < -0.39 is 5.91 Å². The highest BCUT2D eigenvalue weighted by atomic mass is 79.9. The van der Waals surface area contributed by atoms with E-state index in [0.29, 0.717) is 38.9 Å². The van der Waals surface area contributed by atoms with Gasteiger partial charge in [-0.2, -0.15) is 5.26 Å². The molecule has 1 amide bonds. The lowest BCUT2D eigenvalue weighted by Crippen LogP contribution is -2.13. The van der Waals surface area contributed by atoms with Crippen LogP contribution in [-0.4, -0.2) is 13.0 Å². The average Bonchev–Trinajstić information content (AvgIpc) is 2.79. The molecule has 0 atom stereocenters. The van der Waals surface area contributed by atoms with Crippen molar-refractivity contribution in [2.24, 2.45) is 0 Å². The normalized spacial score (nSPS) is 10.8. The minimum absolute atomic E-state index is 0.0596. The van der Waals surface area contributed by atoms with Gasteiger partial charge in [0.15, 0.2) is 11.5 Å². The number of rotatable bonds is 7. The highest BCUT2D eigenvalue weighted by Gasteiger charge is 2.14. The molecule has 0 spiro atoms. The topological polar surface area (TPSA) is 71.3 Å². The Morgan fingerprint density at radius 2 is 1.84 bits per heavy atom. The quantitative estimate of drug-likeness (QED) is 0.310. The summed E-state index contributed by atoms with van der Waals surface area (Å²) in [5.74, 6) is 0.500. The maximum atomic E-state index is 12.5. The standard InChI is InChI=1S/C24H18BrClN2O3/c1-30-22-12-17(21(25)13-23(22)31-15-16-5-3-2-4-6-16)11-18(14-27)24(29)28-20-9-7-19(26)8-10-20/h2-13H,15H2,1H3,(H,28,29)/b18-11-. The number of amides is 1. The number of benzene rings is 3. The molecule has 1 N–H and O–H groups in total. The van der Waals surface area contributed by atoms with Gasteiger partial charge in [-0.15, -0.1) is 0 Å². The number of nitrogens with zero attached hydrogens (tertiary/aromatic N) is 1. The first-order valence-electron chi connectivity index (χ1n) is 9.23. The monoisotopic (exact) mass is 496 g/mol. The van der Waals surface area contributed by atoms with Gasteiger partial charge in [-0.05, 0) is 53.6 Å². The number of nitriles is 1. The van der Waals surface area contributed by atoms with Crippen molar-refractivity contribution >= 4 is 45.2 Å². The third kappa shape index (κ3) is 6.11. The number of hydrogen-bond donors (Lipinski definition) is 1. The van der Waals surface area contributed by atoms with E-state index >= 15 is 0 Å². The molecule has 5 nitrogen and oxygen atoms in total. The van der Waals surface area contributed by atoms with Gasteiger partial charge in [0.25, 0.3) is 5.91 Å². The number of nitrogens with one attached hydrogen (secondary N) is 1. The van der Waals surface area contributed by atoms with Crippen LogP contribution in [0.25, 0.3) is 6.08 Å². The summed E-state index contributed by atoms with van der Waals surface area (Å²) >= 11 is 9.34. The predicted octanol–water partition coefficient (Wildman–Crippen LogP) is 6.24. The van der Waals surface area contributed by atoms with E-state index in [1.165, 1.54) is 13.2 Å². The van der Waals surface area contributed by atoms with Gasteiger partial charge in [0.1, 0.15) is 18.2 Å². The van der Waals surface area contributed by atoms with Crippen molar-refractivity contribution in [3.63, 3.8) is 0 Å². The zero-order valence-electron chi connectivity index (χ0n) is 16.6. The van der Waals surface area contributed by atoms with Crippen LogP contribution in [0.4, 0.5) is 5.69 Å². The molecular formula is C24H18BrClN2O3. The van der Waals surface area contributed by atoms with Gasteiger partial charge in [-0.3, -0.25) is 4.79 Å². The molecule has 31 heavy (non-hydrogen) atoms. The Balaban J connectivity index is 1.81. The Labute approximate surface area is 194 Å². The van der Waals surface area contributed by atoms with E-state index in [-0.39, 0.29) is 5.57 Å². The zero-order chi connectivity index (χ0) is 22.2. The van der Waals surface area contributed by atoms with Crippen LogP contribution in [0.1, 0.15) is 11.1 Å². The molecule has 3 aromatic carbocycles. The molecule has 0 aromatic heterocycles. The van der Waals surface area contributed by atoms with E-state index in [4.69, 9.17) is 21.1 Å². The highest BCUT2D eigenvalue weighted by molar-refractivity contribution is 9.10. The largest absolute Gasteiger partial charge is 0.493 e. The second kappa shape index (κ2) is 10.7. The third-order valence-corrected chi connectivity index (χ3v) is 5.23. The van der Waals surface area contributed by atoms with E-state index in [2.05, 4.69) is 21.2 Å². The fourth-order valence-electron chi connectivity index (χ4n) is 2.70. The summed E-state index contributed by atoms with van der Waals surface area (Å²) in [7, 11) is 1.53. The lowest BCUT2D eigenvalue weighted by atomic mass is 10.1. The fraction of sp³-hybridized carbons (Fsp3) is 0.0833. The van der Waals surface area contributed by atoms with Crippen LogP contribution >= 0.6 is 27.5 Å². The van der Waals surface area contributed by atoms with E-state index in [1.807, 2.05) is 36.4 Å². The van der Waals surface area contributed by atoms with Crippen LogP contribution in [0, 0.1) is 11.3 Å². The number of anilines is 1. The van der Waals surface area contributed by atoms with Crippen LogP contribution < -0.4 is 14.8 Å². The molecule has 0 radical (unpaired) electrons. The van der Waals surface area contributed by atoms with Crippen molar-refractivity contribution in [2.45, 2.75) is 6.61 Å². The number of halogens is 2. The minimum atomic E-state index is -0.528. The smallest absolute Gasteiger partial charge is 0.266 e. The first-order valence-corrected chi connectivity index (χ1v) is 10.4. The maximum absolute atomic E-state index is 12.5. The molecule has 7 heteroatoms. The molecule has 0 saturated carbocycles. The van der Waals surface area contributed by atoms with Crippen molar-refractivity contribution in [2.75, 3.05) is 12.4 Å². The maximum Gasteiger partial charge on any atom is 0.266 e. The summed E-state index contributed by atoms with van der Waals surface area (Å²) < 4.78 is 12.0. The van der Waals surface area contributed by atoms with Crippen LogP contribution in [-0.2, 0) is 11.4 Å². The van der Waals surface area contributed by atoms with Gasteiger partial charge in [0.05, 0.1) is 7.11 Å². The van der Waals surface area contributed by atoms with Gasteiger partial charge < -0.3 is 14.8 Å². The Morgan fingerprint density at radius 1 is 1.13 bits per heavy atom. The van der Waals surface area contributed by atoms with Gasteiger partial charge >= 0.3 is 0 Å². The lowest BCUT2D eigenvalue weighted by molar-refractivity contribution is -0.112. The molecular weight excluding hydrogens is 480 g/mol.